The summed E-state index contributed by atoms with van der Waals surface area (Å²) >= 11 is 0. The fraction of sp³-hybridized carbons (Fsp3) is 0.375. The van der Waals surface area contributed by atoms with Gasteiger partial charge in [0.1, 0.15) is 0 Å². The summed E-state index contributed by atoms with van der Waals surface area (Å²) in [5.74, 6) is -1.37. The predicted octanol–water partition coefficient (Wildman–Crippen LogP) is -0.823. The maximum atomic E-state index is 11.1. The van der Waals surface area contributed by atoms with Gasteiger partial charge >= 0.3 is 5.97 Å². The van der Waals surface area contributed by atoms with Gasteiger partial charge in [0.25, 0.3) is 0 Å². The molecule has 0 amide bonds. The minimum absolute atomic E-state index is 0.0196. The molecular formula is C8H12N2O5. The molecule has 4 N–H and O–H groups in total. The van der Waals surface area contributed by atoms with Gasteiger partial charge in [-0.2, -0.15) is 0 Å². The monoisotopic (exact) mass is 216 g/mol. The molecule has 1 aromatic heterocycles. The molecule has 0 saturated carbocycles. The first-order chi connectivity index (χ1) is 7.15. The van der Waals surface area contributed by atoms with E-state index in [4.69, 9.17) is 20.7 Å². The molecular weight excluding hydrogens is 204 g/mol. The zero-order chi connectivity index (χ0) is 11.3. The number of aromatic nitrogens is 1. The predicted molar refractivity (Wildman–Crippen MR) is 49.0 cm³/mol. The second-order valence-corrected chi connectivity index (χ2v) is 2.63. The number of hydrogen-bond donors (Lipinski definition) is 3. The van der Waals surface area contributed by atoms with Crippen molar-refractivity contribution in [1.29, 1.82) is 0 Å². The molecule has 0 atom stereocenters. The Kier molecular flexibility index (Phi) is 3.95. The quantitative estimate of drug-likeness (QED) is 0.438. The zero-order valence-corrected chi connectivity index (χ0v) is 7.92. The van der Waals surface area contributed by atoms with Gasteiger partial charge in [-0.1, -0.05) is 0 Å². The summed E-state index contributed by atoms with van der Waals surface area (Å²) in [6.07, 6.45) is -0.0196. The van der Waals surface area contributed by atoms with Gasteiger partial charge in [0.05, 0.1) is 19.8 Å². The van der Waals surface area contributed by atoms with Crippen molar-refractivity contribution in [2.24, 2.45) is 5.73 Å². The van der Waals surface area contributed by atoms with Crippen LogP contribution in [-0.2, 0) is 9.53 Å². The van der Waals surface area contributed by atoms with Gasteiger partial charge in [-0.05, 0) is 0 Å². The Morgan fingerprint density at radius 2 is 2.00 bits per heavy atom. The number of nitrogens with two attached hydrogens (primary N) is 1. The molecule has 0 unspecified atom stereocenters. The molecule has 84 valence electrons. The van der Waals surface area contributed by atoms with Crippen LogP contribution in [-0.4, -0.2) is 34.3 Å². The van der Waals surface area contributed by atoms with Gasteiger partial charge in [0.15, 0.2) is 0 Å². The van der Waals surface area contributed by atoms with Crippen LogP contribution in [0, 0.1) is 0 Å². The normalized spacial score (nSPS) is 10.2. The molecule has 1 aromatic rings. The van der Waals surface area contributed by atoms with Crippen LogP contribution in [0.15, 0.2) is 12.1 Å². The van der Waals surface area contributed by atoms with Gasteiger partial charge in [-0.15, -0.1) is 4.73 Å². The summed E-state index contributed by atoms with van der Waals surface area (Å²) in [4.78, 5) is 15.7. The van der Waals surface area contributed by atoms with Crippen molar-refractivity contribution >= 4 is 5.97 Å². The first-order valence-corrected chi connectivity index (χ1v) is 4.24. The molecule has 0 aliphatic carbocycles. The van der Waals surface area contributed by atoms with Crippen LogP contribution >= 0.6 is 0 Å². The molecule has 0 aliphatic rings. The second kappa shape index (κ2) is 5.23. The average Bonchev–Trinajstić information content (AvgIpc) is 2.50. The van der Waals surface area contributed by atoms with Crippen LogP contribution in [0.3, 0.4) is 0 Å². The first-order valence-electron chi connectivity index (χ1n) is 4.24. The summed E-state index contributed by atoms with van der Waals surface area (Å²) in [7, 11) is 0. The maximum absolute atomic E-state index is 11.1. The Balaban J connectivity index is 2.44. The third kappa shape index (κ3) is 3.15. The lowest BCUT2D eigenvalue weighted by atomic mass is 10.5. The van der Waals surface area contributed by atoms with Crippen molar-refractivity contribution in [3.8, 4) is 11.8 Å². The van der Waals surface area contributed by atoms with Crippen molar-refractivity contribution in [2.75, 3.05) is 13.3 Å². The lowest BCUT2D eigenvalue weighted by Gasteiger charge is -2.06. The zero-order valence-electron chi connectivity index (χ0n) is 7.92. The van der Waals surface area contributed by atoms with Gasteiger partial charge in [-0.3, -0.25) is 0 Å². The summed E-state index contributed by atoms with van der Waals surface area (Å²) < 4.78 is 5.34. The van der Waals surface area contributed by atoms with E-state index in [2.05, 4.69) is 4.84 Å². The van der Waals surface area contributed by atoms with Crippen LogP contribution in [0.5, 0.6) is 11.8 Å². The van der Waals surface area contributed by atoms with E-state index < -0.39 is 5.97 Å². The van der Waals surface area contributed by atoms with Crippen molar-refractivity contribution in [3.63, 3.8) is 0 Å². The van der Waals surface area contributed by atoms with Gasteiger partial charge in [0.2, 0.25) is 11.8 Å². The van der Waals surface area contributed by atoms with E-state index in [1.54, 1.807) is 0 Å². The van der Waals surface area contributed by atoms with E-state index in [9.17, 15) is 4.79 Å². The molecule has 0 aromatic carbocycles. The van der Waals surface area contributed by atoms with Crippen LogP contribution in [0.25, 0.3) is 0 Å². The lowest BCUT2D eigenvalue weighted by Crippen LogP contribution is -2.21. The van der Waals surface area contributed by atoms with Crippen LogP contribution in [0.1, 0.15) is 6.42 Å². The minimum atomic E-state index is -0.648. The molecule has 7 heteroatoms. The first kappa shape index (κ1) is 11.3. The highest BCUT2D eigenvalue weighted by Gasteiger charge is 2.11. The highest BCUT2D eigenvalue weighted by atomic mass is 16.7. The maximum Gasteiger partial charge on any atom is 0.335 e. The van der Waals surface area contributed by atoms with E-state index in [1.807, 2.05) is 0 Å². The number of rotatable bonds is 5. The van der Waals surface area contributed by atoms with E-state index in [0.29, 0.717) is 4.73 Å². The molecule has 0 fully saturated rings. The van der Waals surface area contributed by atoms with Crippen molar-refractivity contribution < 1.29 is 24.6 Å². The summed E-state index contributed by atoms with van der Waals surface area (Å²) in [6.45, 7) is 0.144. The van der Waals surface area contributed by atoms with Crippen molar-refractivity contribution in [3.05, 3.63) is 12.1 Å². The number of hydrogen-bond acceptors (Lipinski definition) is 6. The molecule has 0 saturated heterocycles. The Labute approximate surface area is 85.6 Å². The number of carbonyl (C=O) groups is 1. The third-order valence-electron chi connectivity index (χ3n) is 1.56. The SMILES string of the molecule is NCOCCC(=O)On1c(O)ccc1O. The second-order valence-electron chi connectivity index (χ2n) is 2.63. The molecule has 0 aliphatic heterocycles. The van der Waals surface area contributed by atoms with Crippen LogP contribution in [0.2, 0.25) is 0 Å². The van der Waals surface area contributed by atoms with E-state index in [1.165, 1.54) is 12.1 Å². The van der Waals surface area contributed by atoms with Crippen molar-refractivity contribution in [2.45, 2.75) is 6.42 Å². The Morgan fingerprint density at radius 1 is 1.40 bits per heavy atom. The molecule has 0 spiro atoms. The lowest BCUT2D eigenvalue weighted by molar-refractivity contribution is -0.146. The third-order valence-corrected chi connectivity index (χ3v) is 1.56. The summed E-state index contributed by atoms with van der Waals surface area (Å²) in [6, 6.07) is 2.39. The van der Waals surface area contributed by atoms with E-state index >= 15 is 0 Å². The number of aromatic hydroxyl groups is 2. The van der Waals surface area contributed by atoms with Crippen molar-refractivity contribution in [1.82, 2.24) is 4.73 Å². The molecule has 15 heavy (non-hydrogen) atoms. The molecule has 1 rings (SSSR count). The molecule has 0 bridgehead atoms. The van der Waals surface area contributed by atoms with Crippen LogP contribution < -0.4 is 10.6 Å². The largest absolute Gasteiger partial charge is 0.492 e. The number of carbonyl (C=O) groups excluding carboxylic acids is 1. The van der Waals surface area contributed by atoms with E-state index in [0.717, 1.165) is 0 Å². The summed E-state index contributed by atoms with van der Waals surface area (Å²) in [5.41, 5.74) is 5.04. The van der Waals surface area contributed by atoms with Gasteiger partial charge in [-0.25, -0.2) is 4.79 Å². The highest BCUT2D eigenvalue weighted by Crippen LogP contribution is 2.18. The molecule has 0 radical (unpaired) electrons. The van der Waals surface area contributed by atoms with Crippen LogP contribution in [0.4, 0.5) is 0 Å². The Bertz CT molecular complexity index is 316. The van der Waals surface area contributed by atoms with Gasteiger partial charge in [0, 0.05) is 12.1 Å². The smallest absolute Gasteiger partial charge is 0.335 e. The highest BCUT2D eigenvalue weighted by molar-refractivity contribution is 5.70. The minimum Gasteiger partial charge on any atom is -0.492 e. The number of nitrogens with zero attached hydrogens (tertiary/aromatic N) is 1. The average molecular weight is 216 g/mol. The number of ether oxygens (including phenoxy) is 1. The van der Waals surface area contributed by atoms with E-state index in [-0.39, 0.29) is 31.5 Å². The fourth-order valence-corrected chi connectivity index (χ4v) is 0.882. The standard InChI is InChI=1S/C8H12N2O5/c9-5-14-4-3-8(13)15-10-6(11)1-2-7(10)12/h1-2,11-12H,3-5,9H2. The Morgan fingerprint density at radius 3 is 2.53 bits per heavy atom. The Hall–Kier alpha value is -1.73. The molecule has 1 heterocycles. The van der Waals surface area contributed by atoms with Gasteiger partial charge < -0.3 is 25.5 Å². The summed E-state index contributed by atoms with van der Waals surface area (Å²) in [5, 5.41) is 18.3. The molecule has 7 nitrogen and oxygen atoms in total. The fourth-order valence-electron chi connectivity index (χ4n) is 0.882. The topological polar surface area (TPSA) is 107 Å².